The molecule has 3 aromatic rings. The van der Waals surface area contributed by atoms with Crippen molar-refractivity contribution in [3.05, 3.63) is 59.3 Å². The van der Waals surface area contributed by atoms with Crippen molar-refractivity contribution in [1.29, 1.82) is 0 Å². The Hall–Kier alpha value is -3.29. The number of imide groups is 1. The Bertz CT molecular complexity index is 1040. The van der Waals surface area contributed by atoms with Crippen molar-refractivity contribution in [2.45, 2.75) is 39.7 Å². The number of carbonyl (C=O) groups is 2. The summed E-state index contributed by atoms with van der Waals surface area (Å²) in [5, 5.41) is 8.39. The zero-order valence-corrected chi connectivity index (χ0v) is 16.7. The molecule has 0 unspecified atom stereocenters. The average Bonchev–Trinajstić information content (AvgIpc) is 3.09. The van der Waals surface area contributed by atoms with E-state index in [0.29, 0.717) is 25.9 Å². The van der Waals surface area contributed by atoms with Gasteiger partial charge in [0.15, 0.2) is 5.65 Å². The normalized spacial score (nSPS) is 14.8. The number of hydrogen-bond acceptors (Lipinski definition) is 5. The van der Waals surface area contributed by atoms with Gasteiger partial charge in [-0.25, -0.2) is 4.79 Å². The highest BCUT2D eigenvalue weighted by atomic mass is 16.2. The molecule has 3 aromatic heterocycles. The van der Waals surface area contributed by atoms with Crippen LogP contribution in [0.15, 0.2) is 36.5 Å². The molecular formula is C21H24N6O2. The third kappa shape index (κ3) is 4.11. The Kier molecular flexibility index (Phi) is 5.24. The summed E-state index contributed by atoms with van der Waals surface area (Å²) in [5.41, 5.74) is 3.51. The standard InChI is InChI=1S/C21H24N6O2/c1-15-12-17(13-16(2)22-15)14-27-20(28)8-11-25(21(27)29)9-5-7-19-24-23-18-6-3-4-10-26(18)19/h3-4,6,10,12-13H,5,7-9,11,14H2,1-2H3. The van der Waals surface area contributed by atoms with Crippen molar-refractivity contribution in [2.24, 2.45) is 0 Å². The van der Waals surface area contributed by atoms with Crippen LogP contribution >= 0.6 is 0 Å². The molecule has 3 amide bonds. The van der Waals surface area contributed by atoms with Crippen LogP contribution in [-0.2, 0) is 17.8 Å². The van der Waals surface area contributed by atoms with Gasteiger partial charge >= 0.3 is 6.03 Å². The van der Waals surface area contributed by atoms with Crippen LogP contribution in [0.25, 0.3) is 5.65 Å². The van der Waals surface area contributed by atoms with Crippen LogP contribution in [0, 0.1) is 13.8 Å². The van der Waals surface area contributed by atoms with Gasteiger partial charge in [0, 0.05) is 43.5 Å². The summed E-state index contributed by atoms with van der Waals surface area (Å²) in [6.07, 6.45) is 3.76. The van der Waals surface area contributed by atoms with Crippen molar-refractivity contribution >= 4 is 17.6 Å². The van der Waals surface area contributed by atoms with Gasteiger partial charge in [-0.2, -0.15) is 0 Å². The zero-order chi connectivity index (χ0) is 20.4. The van der Waals surface area contributed by atoms with E-state index in [9.17, 15) is 9.59 Å². The summed E-state index contributed by atoms with van der Waals surface area (Å²) < 4.78 is 1.96. The van der Waals surface area contributed by atoms with Crippen LogP contribution in [0.4, 0.5) is 4.79 Å². The highest BCUT2D eigenvalue weighted by Gasteiger charge is 2.31. The van der Waals surface area contributed by atoms with E-state index in [-0.39, 0.29) is 18.5 Å². The van der Waals surface area contributed by atoms with Crippen LogP contribution < -0.4 is 0 Å². The van der Waals surface area contributed by atoms with Crippen LogP contribution in [0.2, 0.25) is 0 Å². The molecule has 8 nitrogen and oxygen atoms in total. The van der Waals surface area contributed by atoms with E-state index in [0.717, 1.165) is 34.8 Å². The largest absolute Gasteiger partial charge is 0.327 e. The summed E-state index contributed by atoms with van der Waals surface area (Å²) in [6, 6.07) is 9.40. The van der Waals surface area contributed by atoms with E-state index in [1.54, 1.807) is 4.90 Å². The lowest BCUT2D eigenvalue weighted by atomic mass is 10.1. The molecule has 0 bridgehead atoms. The number of hydrogen-bond donors (Lipinski definition) is 0. The number of aryl methyl sites for hydroxylation is 3. The Labute approximate surface area is 169 Å². The van der Waals surface area contributed by atoms with E-state index in [1.165, 1.54) is 4.90 Å². The molecule has 1 aliphatic rings. The highest BCUT2D eigenvalue weighted by molar-refractivity contribution is 5.96. The first-order valence-electron chi connectivity index (χ1n) is 9.83. The fourth-order valence-electron chi connectivity index (χ4n) is 3.79. The maximum atomic E-state index is 12.9. The molecule has 1 fully saturated rings. The molecule has 0 N–H and O–H groups in total. The summed E-state index contributed by atoms with van der Waals surface area (Å²) in [5.74, 6) is 0.752. The lowest BCUT2D eigenvalue weighted by molar-refractivity contribution is -0.131. The van der Waals surface area contributed by atoms with Gasteiger partial charge in [-0.1, -0.05) is 6.07 Å². The number of rotatable bonds is 6. The molecule has 0 saturated carbocycles. The van der Waals surface area contributed by atoms with Gasteiger partial charge in [0.1, 0.15) is 5.82 Å². The lowest BCUT2D eigenvalue weighted by Gasteiger charge is -2.34. The molecule has 0 aromatic carbocycles. The molecule has 29 heavy (non-hydrogen) atoms. The molecule has 150 valence electrons. The van der Waals surface area contributed by atoms with Gasteiger partial charge in [-0.15, -0.1) is 10.2 Å². The second-order valence-electron chi connectivity index (χ2n) is 7.41. The van der Waals surface area contributed by atoms with Gasteiger partial charge in [0.25, 0.3) is 0 Å². The molecule has 4 rings (SSSR count). The average molecular weight is 392 g/mol. The van der Waals surface area contributed by atoms with Crippen LogP contribution in [0.3, 0.4) is 0 Å². The first-order chi connectivity index (χ1) is 14.0. The predicted molar refractivity (Wildman–Crippen MR) is 107 cm³/mol. The summed E-state index contributed by atoms with van der Waals surface area (Å²) >= 11 is 0. The minimum absolute atomic E-state index is 0.123. The highest BCUT2D eigenvalue weighted by Crippen LogP contribution is 2.17. The molecule has 8 heteroatoms. The number of fused-ring (bicyclic) bond motifs is 1. The fraction of sp³-hybridized carbons (Fsp3) is 0.381. The van der Waals surface area contributed by atoms with Crippen molar-refractivity contribution in [2.75, 3.05) is 13.1 Å². The third-order valence-corrected chi connectivity index (χ3v) is 5.09. The quantitative estimate of drug-likeness (QED) is 0.644. The topological polar surface area (TPSA) is 83.7 Å². The van der Waals surface area contributed by atoms with Crippen molar-refractivity contribution in [1.82, 2.24) is 29.4 Å². The van der Waals surface area contributed by atoms with Crippen molar-refractivity contribution in [3.8, 4) is 0 Å². The summed E-state index contributed by atoms with van der Waals surface area (Å²) in [6.45, 7) is 5.16. The number of nitrogens with zero attached hydrogens (tertiary/aromatic N) is 6. The van der Waals surface area contributed by atoms with E-state index < -0.39 is 0 Å². The first-order valence-corrected chi connectivity index (χ1v) is 9.83. The molecule has 0 radical (unpaired) electrons. The minimum Gasteiger partial charge on any atom is -0.324 e. The number of aromatic nitrogens is 4. The van der Waals surface area contributed by atoms with E-state index >= 15 is 0 Å². The molecular weight excluding hydrogens is 368 g/mol. The Morgan fingerprint density at radius 3 is 2.66 bits per heavy atom. The van der Waals surface area contributed by atoms with Gasteiger partial charge in [0.2, 0.25) is 5.91 Å². The maximum absolute atomic E-state index is 12.9. The van der Waals surface area contributed by atoms with Gasteiger partial charge in [-0.05, 0) is 50.1 Å². The van der Waals surface area contributed by atoms with E-state index in [1.807, 2.05) is 54.8 Å². The predicted octanol–water partition coefficient (Wildman–Crippen LogP) is 2.53. The van der Waals surface area contributed by atoms with Crippen molar-refractivity contribution < 1.29 is 9.59 Å². The summed E-state index contributed by atoms with van der Waals surface area (Å²) in [4.78, 5) is 32.7. The Balaban J connectivity index is 1.39. The van der Waals surface area contributed by atoms with E-state index in [2.05, 4.69) is 15.2 Å². The number of amides is 3. The first kappa shape index (κ1) is 19.0. The molecule has 0 spiro atoms. The lowest BCUT2D eigenvalue weighted by Crippen LogP contribution is -2.52. The molecule has 0 aliphatic carbocycles. The second-order valence-corrected chi connectivity index (χ2v) is 7.41. The molecule has 0 atom stereocenters. The van der Waals surface area contributed by atoms with Gasteiger partial charge in [-0.3, -0.25) is 19.1 Å². The smallest absolute Gasteiger partial charge is 0.324 e. The SMILES string of the molecule is Cc1cc(CN2C(=O)CCN(CCCc3nnc4ccccn34)C2=O)cc(C)n1. The number of carbonyl (C=O) groups excluding carboxylic acids is 2. The monoisotopic (exact) mass is 392 g/mol. The molecule has 1 aliphatic heterocycles. The number of pyridine rings is 2. The second kappa shape index (κ2) is 7.98. The number of urea groups is 1. The van der Waals surface area contributed by atoms with Crippen LogP contribution in [0.1, 0.15) is 35.6 Å². The van der Waals surface area contributed by atoms with Crippen molar-refractivity contribution in [3.63, 3.8) is 0 Å². The zero-order valence-electron chi connectivity index (χ0n) is 16.7. The van der Waals surface area contributed by atoms with Crippen LogP contribution in [0.5, 0.6) is 0 Å². The van der Waals surface area contributed by atoms with Gasteiger partial charge in [0.05, 0.1) is 6.54 Å². The minimum atomic E-state index is -0.223. The Morgan fingerprint density at radius 1 is 1.07 bits per heavy atom. The molecule has 1 saturated heterocycles. The third-order valence-electron chi connectivity index (χ3n) is 5.09. The summed E-state index contributed by atoms with van der Waals surface area (Å²) in [7, 11) is 0. The molecule has 4 heterocycles. The fourth-order valence-corrected chi connectivity index (χ4v) is 3.79. The maximum Gasteiger partial charge on any atom is 0.327 e. The van der Waals surface area contributed by atoms with Gasteiger partial charge < -0.3 is 4.90 Å². The Morgan fingerprint density at radius 2 is 1.86 bits per heavy atom. The van der Waals surface area contributed by atoms with E-state index in [4.69, 9.17) is 0 Å². The van der Waals surface area contributed by atoms with Crippen LogP contribution in [-0.4, -0.2) is 54.4 Å².